The highest BCUT2D eigenvalue weighted by Gasteiger charge is 2.44. The summed E-state index contributed by atoms with van der Waals surface area (Å²) in [7, 11) is -3.61. The van der Waals surface area contributed by atoms with Crippen LogP contribution in [-0.4, -0.2) is 22.7 Å². The van der Waals surface area contributed by atoms with Crippen molar-refractivity contribution < 1.29 is 8.42 Å². The van der Waals surface area contributed by atoms with Crippen LogP contribution in [0.1, 0.15) is 41.9 Å². The molecule has 0 radical (unpaired) electrons. The van der Waals surface area contributed by atoms with Gasteiger partial charge in [0.2, 0.25) is 10.0 Å². The summed E-state index contributed by atoms with van der Waals surface area (Å²) in [6.45, 7) is 1.95. The zero-order chi connectivity index (χ0) is 17.4. The van der Waals surface area contributed by atoms with Gasteiger partial charge in [-0.2, -0.15) is 4.31 Å². The van der Waals surface area contributed by atoms with Crippen LogP contribution in [0.2, 0.25) is 0 Å². The van der Waals surface area contributed by atoms with Crippen LogP contribution in [0.4, 0.5) is 0 Å². The largest absolute Gasteiger partial charge is 0.364 e. The molecule has 1 aliphatic heterocycles. The molecule has 0 saturated carbocycles. The van der Waals surface area contributed by atoms with E-state index >= 15 is 0 Å². The lowest BCUT2D eigenvalue weighted by atomic mass is 10.1. The number of hydrogen-bond donors (Lipinski definition) is 2. The van der Waals surface area contributed by atoms with Crippen LogP contribution in [0.5, 0.6) is 0 Å². The third-order valence-corrected chi connectivity index (χ3v) is 6.82. The van der Waals surface area contributed by atoms with E-state index in [1.165, 1.54) is 0 Å². The molecule has 0 spiro atoms. The Labute approximate surface area is 147 Å². The summed E-state index contributed by atoms with van der Waals surface area (Å²) in [5.41, 5.74) is 2.91. The zero-order valence-electron chi connectivity index (χ0n) is 14.0. The topological polar surface area (TPSA) is 69.0 Å². The number of aryl methyl sites for hydroxylation is 1. The molecule has 6 heteroatoms. The van der Waals surface area contributed by atoms with Crippen LogP contribution < -0.4 is 0 Å². The van der Waals surface area contributed by atoms with Gasteiger partial charge in [-0.25, -0.2) is 8.42 Å². The summed E-state index contributed by atoms with van der Waals surface area (Å²) in [5.74, 6) is 0. The van der Waals surface area contributed by atoms with Crippen LogP contribution in [0, 0.1) is 6.92 Å². The van der Waals surface area contributed by atoms with E-state index in [0.717, 1.165) is 29.8 Å². The molecule has 3 heterocycles. The first-order chi connectivity index (χ1) is 12.1. The van der Waals surface area contributed by atoms with Gasteiger partial charge in [0.05, 0.1) is 17.0 Å². The minimum atomic E-state index is -3.61. The highest BCUT2D eigenvalue weighted by Crippen LogP contribution is 2.46. The van der Waals surface area contributed by atoms with Crippen molar-refractivity contribution in [1.29, 1.82) is 0 Å². The fraction of sp³-hybridized carbons (Fsp3) is 0.263. The molecule has 1 fully saturated rings. The summed E-state index contributed by atoms with van der Waals surface area (Å²) in [6, 6.07) is 14.4. The molecule has 0 bridgehead atoms. The standard InChI is InChI=1S/C19H21N3O2S/c1-14-6-8-15(9-7-14)25(23,24)22-18(16-4-2-12-20-16)10-11-19(22)17-5-3-13-21-17/h2-9,12-13,18-21H,10-11H2,1H3/t18-,19-/m1/s1. The van der Waals surface area contributed by atoms with Crippen molar-refractivity contribution in [1.82, 2.24) is 14.3 Å². The number of nitrogens with one attached hydrogen (secondary N) is 2. The molecule has 1 aliphatic rings. The molecule has 130 valence electrons. The first-order valence-electron chi connectivity index (χ1n) is 8.44. The van der Waals surface area contributed by atoms with Gasteiger partial charge in [-0.15, -0.1) is 0 Å². The summed E-state index contributed by atoms with van der Waals surface area (Å²) in [6.07, 6.45) is 5.26. The molecule has 0 aliphatic carbocycles. The van der Waals surface area contributed by atoms with Gasteiger partial charge in [0, 0.05) is 23.8 Å². The smallest absolute Gasteiger partial charge is 0.244 e. The van der Waals surface area contributed by atoms with E-state index in [4.69, 9.17) is 0 Å². The van der Waals surface area contributed by atoms with Crippen molar-refractivity contribution >= 4 is 10.0 Å². The Kier molecular flexibility index (Phi) is 4.01. The van der Waals surface area contributed by atoms with Gasteiger partial charge >= 0.3 is 0 Å². The van der Waals surface area contributed by atoms with E-state index < -0.39 is 10.0 Å². The van der Waals surface area contributed by atoms with Crippen LogP contribution in [-0.2, 0) is 10.0 Å². The second-order valence-electron chi connectivity index (χ2n) is 6.51. The lowest BCUT2D eigenvalue weighted by Gasteiger charge is -2.28. The number of rotatable bonds is 4. The number of nitrogens with zero attached hydrogens (tertiary/aromatic N) is 1. The van der Waals surface area contributed by atoms with Gasteiger partial charge < -0.3 is 9.97 Å². The Hall–Kier alpha value is -2.31. The molecule has 0 amide bonds. The molecule has 25 heavy (non-hydrogen) atoms. The number of benzene rings is 1. The molecule has 0 unspecified atom stereocenters. The monoisotopic (exact) mass is 355 g/mol. The molecule has 3 aromatic rings. The van der Waals surface area contributed by atoms with Crippen molar-refractivity contribution in [3.63, 3.8) is 0 Å². The van der Waals surface area contributed by atoms with Gasteiger partial charge in [0.25, 0.3) is 0 Å². The predicted octanol–water partition coefficient (Wildman–Crippen LogP) is 3.92. The van der Waals surface area contributed by atoms with Crippen molar-refractivity contribution in [3.05, 3.63) is 77.9 Å². The van der Waals surface area contributed by atoms with E-state index in [1.54, 1.807) is 16.4 Å². The quantitative estimate of drug-likeness (QED) is 0.745. The van der Waals surface area contributed by atoms with Gasteiger partial charge in [-0.3, -0.25) is 0 Å². The minimum Gasteiger partial charge on any atom is -0.364 e. The molecular weight excluding hydrogens is 334 g/mol. The second-order valence-corrected chi connectivity index (χ2v) is 8.35. The summed E-state index contributed by atoms with van der Waals surface area (Å²) < 4.78 is 28.6. The molecule has 1 saturated heterocycles. The van der Waals surface area contributed by atoms with E-state index in [0.29, 0.717) is 4.90 Å². The maximum Gasteiger partial charge on any atom is 0.244 e. The molecule has 2 N–H and O–H groups in total. The summed E-state index contributed by atoms with van der Waals surface area (Å²) in [4.78, 5) is 6.72. The Morgan fingerprint density at radius 3 is 1.84 bits per heavy atom. The number of hydrogen-bond acceptors (Lipinski definition) is 2. The molecule has 2 atom stereocenters. The third kappa shape index (κ3) is 2.81. The normalized spacial score (nSPS) is 21.6. The maximum atomic E-state index is 13.5. The van der Waals surface area contributed by atoms with Gasteiger partial charge in [-0.05, 0) is 56.2 Å². The molecule has 2 aromatic heterocycles. The Balaban J connectivity index is 1.81. The second kappa shape index (κ2) is 6.20. The molecular formula is C19H21N3O2S. The lowest BCUT2D eigenvalue weighted by molar-refractivity contribution is 0.323. The predicted molar refractivity (Wildman–Crippen MR) is 96.5 cm³/mol. The van der Waals surface area contributed by atoms with Gasteiger partial charge in [0.1, 0.15) is 0 Å². The van der Waals surface area contributed by atoms with E-state index in [1.807, 2.05) is 55.7 Å². The zero-order valence-corrected chi connectivity index (χ0v) is 14.8. The highest BCUT2D eigenvalue weighted by molar-refractivity contribution is 7.89. The first-order valence-corrected chi connectivity index (χ1v) is 9.88. The maximum absolute atomic E-state index is 13.5. The van der Waals surface area contributed by atoms with Crippen molar-refractivity contribution in [2.45, 2.75) is 36.7 Å². The lowest BCUT2D eigenvalue weighted by Crippen LogP contribution is -2.33. The summed E-state index contributed by atoms with van der Waals surface area (Å²) >= 11 is 0. The van der Waals surface area contributed by atoms with E-state index in [2.05, 4.69) is 9.97 Å². The fourth-order valence-electron chi connectivity index (χ4n) is 3.64. The van der Waals surface area contributed by atoms with Crippen LogP contribution >= 0.6 is 0 Å². The molecule has 1 aromatic carbocycles. The first kappa shape index (κ1) is 16.2. The van der Waals surface area contributed by atoms with Crippen LogP contribution in [0.3, 0.4) is 0 Å². The summed E-state index contributed by atoms with van der Waals surface area (Å²) in [5, 5.41) is 0. The Morgan fingerprint density at radius 2 is 1.40 bits per heavy atom. The van der Waals surface area contributed by atoms with Crippen LogP contribution in [0.25, 0.3) is 0 Å². The Morgan fingerprint density at radius 1 is 0.880 bits per heavy atom. The van der Waals surface area contributed by atoms with Crippen molar-refractivity contribution in [3.8, 4) is 0 Å². The number of aromatic amines is 2. The minimum absolute atomic E-state index is 0.186. The Bertz CT molecular complexity index is 887. The average molecular weight is 355 g/mol. The van der Waals surface area contributed by atoms with Crippen molar-refractivity contribution in [2.24, 2.45) is 0 Å². The number of aromatic nitrogens is 2. The third-order valence-electron chi connectivity index (χ3n) is 4.89. The number of sulfonamides is 1. The van der Waals surface area contributed by atoms with Gasteiger partial charge in [-0.1, -0.05) is 17.7 Å². The average Bonchev–Trinajstić information content (AvgIpc) is 3.34. The SMILES string of the molecule is Cc1ccc(S(=O)(=O)N2[C@@H](c3ccc[nH]3)CC[C@@H]2c2ccc[nH]2)cc1. The van der Waals surface area contributed by atoms with Crippen molar-refractivity contribution in [2.75, 3.05) is 0 Å². The van der Waals surface area contributed by atoms with E-state index in [-0.39, 0.29) is 12.1 Å². The molecule has 5 nitrogen and oxygen atoms in total. The fourth-order valence-corrected chi connectivity index (χ4v) is 5.47. The molecule has 4 rings (SSSR count). The van der Waals surface area contributed by atoms with Crippen LogP contribution in [0.15, 0.2) is 65.8 Å². The van der Waals surface area contributed by atoms with Gasteiger partial charge in [0.15, 0.2) is 0 Å². The highest BCUT2D eigenvalue weighted by atomic mass is 32.2. The number of H-pyrrole nitrogens is 2. The van der Waals surface area contributed by atoms with E-state index in [9.17, 15) is 8.42 Å².